The number of alkyl halides is 1. The summed E-state index contributed by atoms with van der Waals surface area (Å²) in [5.41, 5.74) is 3.65. The minimum absolute atomic E-state index is 0.00972. The summed E-state index contributed by atoms with van der Waals surface area (Å²) in [5.74, 6) is -0.762. The van der Waals surface area contributed by atoms with Gasteiger partial charge in [0.1, 0.15) is 0 Å². The third-order valence-electron chi connectivity index (χ3n) is 2.34. The molecule has 0 fully saturated rings. The van der Waals surface area contributed by atoms with Gasteiger partial charge in [-0.05, 0) is 31.4 Å². The molecular weight excluding hydrogens is 256 g/mol. The van der Waals surface area contributed by atoms with Gasteiger partial charge in [-0.15, -0.1) is 0 Å². The van der Waals surface area contributed by atoms with Gasteiger partial charge < -0.3 is 5.11 Å². The molecule has 1 rings (SSSR count). The molecule has 1 atom stereocenters. The number of carboxylic acid groups (broad SMARTS) is 1. The molecular formula is C12H15BrO2. The van der Waals surface area contributed by atoms with Crippen LogP contribution in [0, 0.1) is 13.8 Å². The van der Waals surface area contributed by atoms with Gasteiger partial charge in [0.05, 0.1) is 6.42 Å². The van der Waals surface area contributed by atoms with Crippen LogP contribution in [0.3, 0.4) is 0 Å². The minimum atomic E-state index is -0.762. The molecule has 0 saturated carbocycles. The average molecular weight is 271 g/mol. The Kier molecular flexibility index (Phi) is 4.33. The quantitative estimate of drug-likeness (QED) is 0.854. The number of hydrogen-bond donors (Lipinski definition) is 1. The Balaban J connectivity index is 2.71. The van der Waals surface area contributed by atoms with E-state index < -0.39 is 5.97 Å². The normalized spacial score (nSPS) is 12.5. The van der Waals surface area contributed by atoms with Crippen molar-refractivity contribution in [1.82, 2.24) is 0 Å². The first-order valence-corrected chi connectivity index (χ1v) is 5.82. The number of halogens is 1. The Labute approximate surface area is 98.4 Å². The van der Waals surface area contributed by atoms with Crippen LogP contribution < -0.4 is 0 Å². The van der Waals surface area contributed by atoms with Crippen LogP contribution in [0.1, 0.15) is 23.1 Å². The summed E-state index contributed by atoms with van der Waals surface area (Å²) in [5, 5.41) is 8.66. The molecule has 0 saturated heterocycles. The number of carbonyl (C=O) groups is 1. The second-order valence-electron chi connectivity index (χ2n) is 3.83. The number of aliphatic carboxylic acids is 1. The second-order valence-corrected chi connectivity index (χ2v) is 5.12. The van der Waals surface area contributed by atoms with Gasteiger partial charge in [-0.2, -0.15) is 0 Å². The van der Waals surface area contributed by atoms with Crippen molar-refractivity contribution < 1.29 is 9.90 Å². The van der Waals surface area contributed by atoms with Crippen molar-refractivity contribution in [1.29, 1.82) is 0 Å². The summed E-state index contributed by atoms with van der Waals surface area (Å²) in [6.07, 6.45) is 0.924. The molecule has 0 bridgehead atoms. The van der Waals surface area contributed by atoms with Gasteiger partial charge in [-0.3, -0.25) is 4.79 Å². The lowest BCUT2D eigenvalue weighted by molar-refractivity contribution is -0.136. The van der Waals surface area contributed by atoms with Crippen molar-refractivity contribution in [3.63, 3.8) is 0 Å². The summed E-state index contributed by atoms with van der Waals surface area (Å²) in [6.45, 7) is 4.10. The molecule has 1 N–H and O–H groups in total. The highest BCUT2D eigenvalue weighted by molar-refractivity contribution is 9.09. The highest BCUT2D eigenvalue weighted by Crippen LogP contribution is 2.18. The summed E-state index contributed by atoms with van der Waals surface area (Å²) in [4.78, 5) is 10.5. The van der Waals surface area contributed by atoms with E-state index in [0.29, 0.717) is 0 Å². The summed E-state index contributed by atoms with van der Waals surface area (Å²) in [7, 11) is 0. The van der Waals surface area contributed by atoms with Gasteiger partial charge in [0, 0.05) is 4.83 Å². The van der Waals surface area contributed by atoms with Gasteiger partial charge in [0.2, 0.25) is 0 Å². The summed E-state index contributed by atoms with van der Waals surface area (Å²) < 4.78 is 0. The highest BCUT2D eigenvalue weighted by atomic mass is 79.9. The fourth-order valence-corrected chi connectivity index (χ4v) is 2.15. The molecule has 0 aliphatic rings. The number of rotatable bonds is 4. The minimum Gasteiger partial charge on any atom is -0.481 e. The maximum absolute atomic E-state index is 10.5. The lowest BCUT2D eigenvalue weighted by Gasteiger charge is -2.10. The molecule has 82 valence electrons. The zero-order chi connectivity index (χ0) is 11.4. The van der Waals surface area contributed by atoms with Crippen LogP contribution in [0.4, 0.5) is 0 Å². The number of benzene rings is 1. The molecule has 1 aromatic carbocycles. The van der Waals surface area contributed by atoms with Crippen molar-refractivity contribution in [2.75, 3.05) is 0 Å². The fraction of sp³-hybridized carbons (Fsp3) is 0.417. The Bertz CT molecular complexity index is 361. The highest BCUT2D eigenvalue weighted by Gasteiger charge is 2.11. The van der Waals surface area contributed by atoms with E-state index in [1.54, 1.807) is 0 Å². The Morgan fingerprint density at radius 3 is 2.73 bits per heavy atom. The summed E-state index contributed by atoms with van der Waals surface area (Å²) >= 11 is 3.39. The number of aryl methyl sites for hydroxylation is 2. The van der Waals surface area contributed by atoms with Crippen molar-refractivity contribution >= 4 is 21.9 Å². The predicted molar refractivity (Wildman–Crippen MR) is 64.6 cm³/mol. The van der Waals surface area contributed by atoms with Gasteiger partial charge in [-0.1, -0.05) is 39.7 Å². The molecule has 0 spiro atoms. The molecule has 0 aliphatic heterocycles. The monoisotopic (exact) mass is 270 g/mol. The molecule has 0 amide bonds. The van der Waals surface area contributed by atoms with Crippen molar-refractivity contribution in [3.8, 4) is 0 Å². The van der Waals surface area contributed by atoms with Crippen molar-refractivity contribution in [3.05, 3.63) is 34.9 Å². The largest absolute Gasteiger partial charge is 0.481 e. The molecule has 0 aromatic heterocycles. The van der Waals surface area contributed by atoms with E-state index in [-0.39, 0.29) is 11.2 Å². The molecule has 0 aliphatic carbocycles. The second kappa shape index (κ2) is 5.31. The first-order chi connectivity index (χ1) is 6.99. The third kappa shape index (κ3) is 4.04. The van der Waals surface area contributed by atoms with E-state index in [4.69, 9.17) is 5.11 Å². The van der Waals surface area contributed by atoms with E-state index in [9.17, 15) is 4.79 Å². The predicted octanol–water partition coefficient (Wildman–Crippen LogP) is 3.08. The van der Waals surface area contributed by atoms with E-state index >= 15 is 0 Å². The number of carboxylic acids is 1. The topological polar surface area (TPSA) is 37.3 Å². The van der Waals surface area contributed by atoms with Crippen LogP contribution in [0.25, 0.3) is 0 Å². The maximum atomic E-state index is 10.5. The molecule has 2 nitrogen and oxygen atoms in total. The zero-order valence-corrected chi connectivity index (χ0v) is 10.5. The van der Waals surface area contributed by atoms with E-state index in [0.717, 1.165) is 6.42 Å². The van der Waals surface area contributed by atoms with Crippen LogP contribution in [0.2, 0.25) is 0 Å². The first-order valence-electron chi connectivity index (χ1n) is 4.91. The van der Waals surface area contributed by atoms with Gasteiger partial charge in [-0.25, -0.2) is 0 Å². The van der Waals surface area contributed by atoms with Crippen LogP contribution in [0.15, 0.2) is 18.2 Å². The maximum Gasteiger partial charge on any atom is 0.304 e. The van der Waals surface area contributed by atoms with Crippen LogP contribution in [-0.4, -0.2) is 15.9 Å². The van der Waals surface area contributed by atoms with Crippen LogP contribution in [0.5, 0.6) is 0 Å². The lowest BCUT2D eigenvalue weighted by atomic mass is 10.0. The van der Waals surface area contributed by atoms with Gasteiger partial charge in [0.25, 0.3) is 0 Å². The van der Waals surface area contributed by atoms with Crippen LogP contribution >= 0.6 is 15.9 Å². The molecule has 1 aromatic rings. The van der Waals surface area contributed by atoms with Gasteiger partial charge in [0.15, 0.2) is 0 Å². The fourth-order valence-electron chi connectivity index (χ4n) is 1.52. The Morgan fingerprint density at radius 1 is 1.47 bits per heavy atom. The zero-order valence-electron chi connectivity index (χ0n) is 8.96. The summed E-state index contributed by atoms with van der Waals surface area (Å²) in [6, 6.07) is 6.26. The average Bonchev–Trinajstić information content (AvgIpc) is 2.10. The smallest absolute Gasteiger partial charge is 0.304 e. The standard InChI is InChI=1S/C12H15BrO2/c1-8-3-4-9(2)10(5-8)6-11(13)7-12(14)15/h3-5,11H,6-7H2,1-2H3,(H,14,15). The SMILES string of the molecule is Cc1ccc(C)c(CC(Br)CC(=O)O)c1. The Hall–Kier alpha value is -0.830. The molecule has 0 radical (unpaired) electrons. The number of hydrogen-bond acceptors (Lipinski definition) is 1. The van der Waals surface area contributed by atoms with E-state index in [1.165, 1.54) is 16.7 Å². The lowest BCUT2D eigenvalue weighted by Crippen LogP contribution is -2.10. The van der Waals surface area contributed by atoms with E-state index in [1.807, 2.05) is 6.92 Å². The Morgan fingerprint density at radius 2 is 2.13 bits per heavy atom. The van der Waals surface area contributed by atoms with E-state index in [2.05, 4.69) is 41.1 Å². The van der Waals surface area contributed by atoms with Crippen molar-refractivity contribution in [2.24, 2.45) is 0 Å². The first kappa shape index (κ1) is 12.2. The molecule has 15 heavy (non-hydrogen) atoms. The molecule has 1 unspecified atom stereocenters. The van der Waals surface area contributed by atoms with Crippen molar-refractivity contribution in [2.45, 2.75) is 31.5 Å². The third-order valence-corrected chi connectivity index (χ3v) is 2.99. The van der Waals surface area contributed by atoms with Crippen LogP contribution in [-0.2, 0) is 11.2 Å². The molecule has 3 heteroatoms. The van der Waals surface area contributed by atoms with Gasteiger partial charge >= 0.3 is 5.97 Å². The molecule has 0 heterocycles.